The summed E-state index contributed by atoms with van der Waals surface area (Å²) in [6, 6.07) is 3.29. The molecule has 2 aromatic rings. The van der Waals surface area contributed by atoms with E-state index in [0.29, 0.717) is 24.6 Å². The molecule has 28 heavy (non-hydrogen) atoms. The predicted molar refractivity (Wildman–Crippen MR) is 114 cm³/mol. The molecule has 2 heterocycles. The van der Waals surface area contributed by atoms with Gasteiger partial charge in [-0.2, -0.15) is 13.2 Å². The third-order valence-electron chi connectivity index (χ3n) is 3.38. The van der Waals surface area contributed by atoms with Crippen LogP contribution in [0.15, 0.2) is 28.7 Å². The number of aliphatic imine (C=N–C) groups is 1. The maximum absolute atomic E-state index is 12.4. The second-order valence-electron chi connectivity index (χ2n) is 5.76. The minimum Gasteiger partial charge on any atom is -0.468 e. The lowest BCUT2D eigenvalue weighted by molar-refractivity contribution is -0.154. The van der Waals surface area contributed by atoms with Gasteiger partial charge in [-0.1, -0.05) is 6.07 Å². The third kappa shape index (κ3) is 8.17. The first kappa shape index (κ1) is 24.4. The van der Waals surface area contributed by atoms with Crippen LogP contribution in [0, 0.1) is 6.92 Å². The van der Waals surface area contributed by atoms with E-state index in [9.17, 15) is 13.2 Å². The number of rotatable bonds is 7. The summed E-state index contributed by atoms with van der Waals surface area (Å²) in [7, 11) is 1.88. The molecule has 0 saturated carbocycles. The lowest BCUT2D eigenvalue weighted by atomic mass is 10.3. The molecule has 0 aliphatic rings. The highest BCUT2D eigenvalue weighted by molar-refractivity contribution is 14.0. The van der Waals surface area contributed by atoms with Crippen LogP contribution in [0.25, 0.3) is 0 Å². The van der Waals surface area contributed by atoms with Gasteiger partial charge in [0.05, 0.1) is 23.8 Å². The van der Waals surface area contributed by atoms with Crippen LogP contribution < -0.4 is 10.1 Å². The minimum atomic E-state index is -4.42. The van der Waals surface area contributed by atoms with Crippen molar-refractivity contribution in [1.29, 1.82) is 0 Å². The van der Waals surface area contributed by atoms with Gasteiger partial charge in [0.25, 0.3) is 0 Å². The molecule has 1 N–H and O–H groups in total. The predicted octanol–water partition coefficient (Wildman–Crippen LogP) is 4.00. The van der Waals surface area contributed by atoms with Crippen LogP contribution in [0.3, 0.4) is 0 Å². The number of alkyl halides is 3. The molecule has 0 spiro atoms. The molecule has 0 aliphatic carbocycles. The van der Waals surface area contributed by atoms with Gasteiger partial charge in [-0.3, -0.25) is 0 Å². The zero-order valence-corrected chi connectivity index (χ0v) is 18.9. The van der Waals surface area contributed by atoms with Crippen molar-refractivity contribution >= 4 is 41.3 Å². The normalized spacial score (nSPS) is 11.7. The largest absolute Gasteiger partial charge is 0.468 e. The van der Waals surface area contributed by atoms with E-state index in [1.54, 1.807) is 23.5 Å². The second-order valence-corrected chi connectivity index (χ2v) is 6.82. The van der Waals surface area contributed by atoms with Gasteiger partial charge in [-0.15, -0.1) is 35.3 Å². The second kappa shape index (κ2) is 11.4. The number of pyridine rings is 1. The molecule has 0 saturated heterocycles. The molecule has 0 bridgehead atoms. The molecule has 0 aliphatic heterocycles. The zero-order valence-electron chi connectivity index (χ0n) is 15.8. The zero-order chi connectivity index (χ0) is 19.9. The highest BCUT2D eigenvalue weighted by atomic mass is 127. The van der Waals surface area contributed by atoms with E-state index in [4.69, 9.17) is 4.74 Å². The number of thiazole rings is 1. The standard InChI is InChI=1S/C17H22F3N5OS.HI/c1-4-21-16(25(3)9-14-10-27-12(2)24-14)23-8-13-6-5-7-22-15(13)26-11-17(18,19)20;/h5-7,10H,4,8-9,11H2,1-3H3,(H,21,23);1H. The Hall–Kier alpha value is -1.63. The van der Waals surface area contributed by atoms with Crippen molar-refractivity contribution in [2.75, 3.05) is 20.2 Å². The molecule has 11 heteroatoms. The number of aryl methyl sites for hydroxylation is 1. The quantitative estimate of drug-likeness (QED) is 0.334. The van der Waals surface area contributed by atoms with E-state index in [1.807, 2.05) is 31.2 Å². The SMILES string of the molecule is CCNC(=NCc1cccnc1OCC(F)(F)F)N(C)Cc1csc(C)n1.I. The van der Waals surface area contributed by atoms with Crippen molar-refractivity contribution in [1.82, 2.24) is 20.2 Å². The number of nitrogens with zero attached hydrogens (tertiary/aromatic N) is 4. The molecule has 0 amide bonds. The number of hydrogen-bond donors (Lipinski definition) is 1. The van der Waals surface area contributed by atoms with E-state index in [2.05, 4.69) is 20.3 Å². The number of hydrogen-bond acceptors (Lipinski definition) is 5. The Morgan fingerprint density at radius 2 is 2.14 bits per heavy atom. The van der Waals surface area contributed by atoms with Gasteiger partial charge in [-0.25, -0.2) is 15.0 Å². The Morgan fingerprint density at radius 1 is 1.39 bits per heavy atom. The first-order valence-corrected chi connectivity index (χ1v) is 9.20. The maximum atomic E-state index is 12.4. The van der Waals surface area contributed by atoms with Gasteiger partial charge >= 0.3 is 6.18 Å². The van der Waals surface area contributed by atoms with Crippen molar-refractivity contribution in [2.45, 2.75) is 33.1 Å². The fourth-order valence-corrected chi connectivity index (χ4v) is 2.86. The Labute approximate surface area is 183 Å². The number of ether oxygens (including phenoxy) is 1. The Morgan fingerprint density at radius 3 is 2.75 bits per heavy atom. The molecule has 0 fully saturated rings. The fraction of sp³-hybridized carbons (Fsp3) is 0.471. The smallest absolute Gasteiger partial charge is 0.422 e. The molecule has 0 aromatic carbocycles. The van der Waals surface area contributed by atoms with Gasteiger partial charge < -0.3 is 15.0 Å². The van der Waals surface area contributed by atoms with Crippen LogP contribution in [-0.4, -0.2) is 47.2 Å². The van der Waals surface area contributed by atoms with Gasteiger partial charge in [-0.05, 0) is 19.9 Å². The van der Waals surface area contributed by atoms with E-state index in [1.165, 1.54) is 6.20 Å². The summed E-state index contributed by atoms with van der Waals surface area (Å²) in [5, 5.41) is 6.14. The van der Waals surface area contributed by atoms with Crippen LogP contribution in [0.2, 0.25) is 0 Å². The van der Waals surface area contributed by atoms with Crippen molar-refractivity contribution in [2.24, 2.45) is 4.99 Å². The third-order valence-corrected chi connectivity index (χ3v) is 4.21. The van der Waals surface area contributed by atoms with E-state index >= 15 is 0 Å². The monoisotopic (exact) mass is 529 g/mol. The molecule has 6 nitrogen and oxygen atoms in total. The van der Waals surface area contributed by atoms with Crippen molar-refractivity contribution in [3.63, 3.8) is 0 Å². The van der Waals surface area contributed by atoms with Crippen LogP contribution >= 0.6 is 35.3 Å². The summed E-state index contributed by atoms with van der Waals surface area (Å²) in [4.78, 5) is 14.7. The topological polar surface area (TPSA) is 62.6 Å². The molecule has 2 aromatic heterocycles. The molecule has 0 unspecified atom stereocenters. The maximum Gasteiger partial charge on any atom is 0.422 e. The summed E-state index contributed by atoms with van der Waals surface area (Å²) >= 11 is 1.58. The molecular formula is C17H23F3IN5OS. The number of nitrogens with one attached hydrogen (secondary N) is 1. The molecule has 0 radical (unpaired) electrons. The van der Waals surface area contributed by atoms with Gasteiger partial charge in [0.15, 0.2) is 12.6 Å². The summed E-state index contributed by atoms with van der Waals surface area (Å²) in [5.74, 6) is 0.556. The van der Waals surface area contributed by atoms with E-state index in [-0.39, 0.29) is 36.4 Å². The molecule has 2 rings (SSSR count). The van der Waals surface area contributed by atoms with Crippen LogP contribution in [0.1, 0.15) is 23.2 Å². The van der Waals surface area contributed by atoms with E-state index in [0.717, 1.165) is 10.7 Å². The summed E-state index contributed by atoms with van der Waals surface area (Å²) in [6.45, 7) is 3.87. The molecule has 0 atom stereocenters. The van der Waals surface area contributed by atoms with Crippen LogP contribution in [-0.2, 0) is 13.1 Å². The van der Waals surface area contributed by atoms with Gasteiger partial charge in [0.1, 0.15) is 0 Å². The Kier molecular flexibility index (Phi) is 9.93. The van der Waals surface area contributed by atoms with Gasteiger partial charge in [0, 0.05) is 30.7 Å². The van der Waals surface area contributed by atoms with Gasteiger partial charge in [0.2, 0.25) is 5.88 Å². The van der Waals surface area contributed by atoms with Crippen molar-refractivity contribution in [3.8, 4) is 5.88 Å². The number of guanidine groups is 1. The first-order chi connectivity index (χ1) is 12.8. The Bertz CT molecular complexity index is 769. The summed E-state index contributed by atoms with van der Waals surface area (Å²) in [5.41, 5.74) is 1.41. The summed E-state index contributed by atoms with van der Waals surface area (Å²) in [6.07, 6.45) is -3.03. The lowest BCUT2D eigenvalue weighted by Gasteiger charge is -2.21. The summed E-state index contributed by atoms with van der Waals surface area (Å²) < 4.78 is 42.0. The van der Waals surface area contributed by atoms with E-state index < -0.39 is 12.8 Å². The minimum absolute atomic E-state index is 0. The fourth-order valence-electron chi connectivity index (χ4n) is 2.25. The lowest BCUT2D eigenvalue weighted by Crippen LogP contribution is -2.38. The van der Waals surface area contributed by atoms with Crippen LogP contribution in [0.4, 0.5) is 13.2 Å². The average Bonchev–Trinajstić information content (AvgIpc) is 3.01. The highest BCUT2D eigenvalue weighted by Crippen LogP contribution is 2.20. The number of halogens is 4. The average molecular weight is 529 g/mol. The Balaban J connectivity index is 0.00000392. The molecular weight excluding hydrogens is 506 g/mol. The molecule has 156 valence electrons. The first-order valence-electron chi connectivity index (χ1n) is 8.32. The highest BCUT2D eigenvalue weighted by Gasteiger charge is 2.29. The van der Waals surface area contributed by atoms with Crippen LogP contribution in [0.5, 0.6) is 5.88 Å². The van der Waals surface area contributed by atoms with Crippen molar-refractivity contribution in [3.05, 3.63) is 40.0 Å². The van der Waals surface area contributed by atoms with Crippen molar-refractivity contribution < 1.29 is 17.9 Å². The number of aromatic nitrogens is 2.